The van der Waals surface area contributed by atoms with Gasteiger partial charge in [-0.2, -0.15) is 8.70 Å². The number of nitrogens with zero attached hydrogens (tertiary/aromatic N) is 2. The number of aliphatic hydroxyl groups excluding tert-OH is 1. The molecule has 1 N–H and O–H groups in total. The summed E-state index contributed by atoms with van der Waals surface area (Å²) in [4.78, 5) is 9.54. The molecule has 7 nitrogen and oxygen atoms in total. The van der Waals surface area contributed by atoms with Gasteiger partial charge in [0.15, 0.2) is 0 Å². The van der Waals surface area contributed by atoms with Crippen molar-refractivity contribution in [2.45, 2.75) is 30.7 Å². The van der Waals surface area contributed by atoms with Gasteiger partial charge >= 0.3 is 5.69 Å². The summed E-state index contributed by atoms with van der Waals surface area (Å²) in [6.07, 6.45) is 1.13. The SMILES string of the molecule is Cc1cc(S(=O)(=O)N2CCC[C@@H]2CO)cc([N+](=O)[O-])c1F. The predicted molar refractivity (Wildman–Crippen MR) is 71.8 cm³/mol. The highest BCUT2D eigenvalue weighted by Gasteiger charge is 2.36. The van der Waals surface area contributed by atoms with Crippen LogP contribution in [0.5, 0.6) is 0 Å². The first-order valence-corrected chi connectivity index (χ1v) is 7.80. The minimum absolute atomic E-state index is 0.109. The zero-order valence-electron chi connectivity index (χ0n) is 11.3. The smallest absolute Gasteiger partial charge is 0.306 e. The third-order valence-corrected chi connectivity index (χ3v) is 5.48. The van der Waals surface area contributed by atoms with Crippen LogP contribution in [-0.2, 0) is 10.0 Å². The van der Waals surface area contributed by atoms with E-state index in [1.54, 1.807) is 0 Å². The van der Waals surface area contributed by atoms with E-state index in [0.29, 0.717) is 12.8 Å². The van der Waals surface area contributed by atoms with Crippen molar-refractivity contribution >= 4 is 15.7 Å². The Balaban J connectivity index is 2.53. The van der Waals surface area contributed by atoms with Crippen molar-refractivity contribution in [1.29, 1.82) is 0 Å². The lowest BCUT2D eigenvalue weighted by Crippen LogP contribution is -2.37. The number of benzene rings is 1. The Hall–Kier alpha value is -1.58. The lowest BCUT2D eigenvalue weighted by atomic mass is 10.2. The molecule has 1 aromatic carbocycles. The van der Waals surface area contributed by atoms with E-state index < -0.39 is 32.5 Å². The number of aliphatic hydroxyl groups is 1. The Kier molecular flexibility index (Phi) is 4.26. The van der Waals surface area contributed by atoms with Crippen LogP contribution in [-0.4, -0.2) is 41.9 Å². The van der Waals surface area contributed by atoms with E-state index in [9.17, 15) is 28.0 Å². The molecule has 0 aromatic heterocycles. The highest BCUT2D eigenvalue weighted by Crippen LogP contribution is 2.30. The van der Waals surface area contributed by atoms with Crippen LogP contribution in [0.15, 0.2) is 17.0 Å². The normalized spacial score (nSPS) is 19.9. The summed E-state index contributed by atoms with van der Waals surface area (Å²) in [6.45, 7) is 1.19. The molecule has 1 aromatic rings. The summed E-state index contributed by atoms with van der Waals surface area (Å²) < 4.78 is 39.8. The minimum atomic E-state index is -3.99. The second-order valence-electron chi connectivity index (χ2n) is 4.92. The van der Waals surface area contributed by atoms with E-state index in [4.69, 9.17) is 0 Å². The van der Waals surface area contributed by atoms with Crippen LogP contribution in [0.4, 0.5) is 10.1 Å². The van der Waals surface area contributed by atoms with Crippen molar-refractivity contribution in [3.05, 3.63) is 33.6 Å². The quantitative estimate of drug-likeness (QED) is 0.664. The molecule has 1 saturated heterocycles. The zero-order valence-corrected chi connectivity index (χ0v) is 12.1. The number of aryl methyl sites for hydroxylation is 1. The average Bonchev–Trinajstić information content (AvgIpc) is 2.90. The summed E-state index contributed by atoms with van der Waals surface area (Å²) in [5, 5.41) is 20.0. The molecule has 2 rings (SSSR count). The Labute approximate surface area is 121 Å². The molecule has 1 aliphatic heterocycles. The number of hydrogen-bond acceptors (Lipinski definition) is 5. The van der Waals surface area contributed by atoms with Gasteiger partial charge in [0.05, 0.1) is 16.4 Å². The van der Waals surface area contributed by atoms with Gasteiger partial charge in [-0.05, 0) is 31.4 Å². The average molecular weight is 318 g/mol. The Morgan fingerprint density at radius 3 is 2.76 bits per heavy atom. The van der Waals surface area contributed by atoms with Crippen molar-refractivity contribution in [1.82, 2.24) is 4.31 Å². The van der Waals surface area contributed by atoms with E-state index in [1.807, 2.05) is 0 Å². The molecule has 0 aliphatic carbocycles. The van der Waals surface area contributed by atoms with Crippen LogP contribution >= 0.6 is 0 Å². The first-order valence-electron chi connectivity index (χ1n) is 6.36. The van der Waals surface area contributed by atoms with E-state index in [2.05, 4.69) is 0 Å². The lowest BCUT2D eigenvalue weighted by molar-refractivity contribution is -0.387. The monoisotopic (exact) mass is 318 g/mol. The molecule has 21 heavy (non-hydrogen) atoms. The van der Waals surface area contributed by atoms with Gasteiger partial charge in [0.1, 0.15) is 0 Å². The first-order chi connectivity index (χ1) is 9.78. The van der Waals surface area contributed by atoms with Gasteiger partial charge in [-0.1, -0.05) is 0 Å². The number of rotatable bonds is 4. The van der Waals surface area contributed by atoms with E-state index in [0.717, 1.165) is 16.4 Å². The number of nitro benzene ring substituents is 1. The number of halogens is 1. The van der Waals surface area contributed by atoms with Crippen molar-refractivity contribution in [2.75, 3.05) is 13.2 Å². The summed E-state index contributed by atoms with van der Waals surface area (Å²) in [7, 11) is -3.99. The second kappa shape index (κ2) is 5.66. The molecule has 1 aliphatic rings. The van der Waals surface area contributed by atoms with Gasteiger partial charge in [0, 0.05) is 18.7 Å². The predicted octanol–water partition coefficient (Wildman–Crippen LogP) is 1.19. The molecule has 0 amide bonds. The van der Waals surface area contributed by atoms with E-state index >= 15 is 0 Å². The number of hydrogen-bond donors (Lipinski definition) is 1. The molecule has 9 heteroatoms. The fourth-order valence-electron chi connectivity index (χ4n) is 2.44. The van der Waals surface area contributed by atoms with Gasteiger partial charge in [-0.25, -0.2) is 8.42 Å². The van der Waals surface area contributed by atoms with Crippen LogP contribution in [0.2, 0.25) is 0 Å². The van der Waals surface area contributed by atoms with Crippen LogP contribution in [0.1, 0.15) is 18.4 Å². The van der Waals surface area contributed by atoms with E-state index in [1.165, 1.54) is 6.92 Å². The largest absolute Gasteiger partial charge is 0.395 e. The van der Waals surface area contributed by atoms with Gasteiger partial charge in [-0.15, -0.1) is 0 Å². The summed E-state index contributed by atoms with van der Waals surface area (Å²) in [5.41, 5.74) is -0.976. The standard InChI is InChI=1S/C12H15FN2O5S/c1-8-5-10(6-11(12(8)13)15(17)18)21(19,20)14-4-2-3-9(14)7-16/h5-6,9,16H,2-4,7H2,1H3/t9-/m1/s1. The summed E-state index contributed by atoms with van der Waals surface area (Å²) in [6, 6.07) is 1.26. The lowest BCUT2D eigenvalue weighted by Gasteiger charge is -2.22. The summed E-state index contributed by atoms with van der Waals surface area (Å²) >= 11 is 0. The molecular formula is C12H15FN2O5S. The molecule has 1 heterocycles. The number of nitro groups is 1. The summed E-state index contributed by atoms with van der Waals surface area (Å²) in [5.74, 6) is -1.04. The third kappa shape index (κ3) is 2.76. The molecule has 0 spiro atoms. The maximum atomic E-state index is 13.7. The van der Waals surface area contributed by atoms with Gasteiger partial charge in [0.25, 0.3) is 0 Å². The Morgan fingerprint density at radius 1 is 1.52 bits per heavy atom. The minimum Gasteiger partial charge on any atom is -0.395 e. The number of sulfonamides is 1. The molecular weight excluding hydrogens is 303 g/mol. The van der Waals surface area contributed by atoms with Crippen LogP contribution in [0.25, 0.3) is 0 Å². The highest BCUT2D eigenvalue weighted by molar-refractivity contribution is 7.89. The Morgan fingerprint density at radius 2 is 2.19 bits per heavy atom. The molecule has 116 valence electrons. The maximum absolute atomic E-state index is 13.7. The fraction of sp³-hybridized carbons (Fsp3) is 0.500. The van der Waals surface area contributed by atoms with Crippen molar-refractivity contribution in [3.8, 4) is 0 Å². The topological polar surface area (TPSA) is 101 Å². The van der Waals surface area contributed by atoms with Crippen molar-refractivity contribution in [2.24, 2.45) is 0 Å². The van der Waals surface area contributed by atoms with E-state index in [-0.39, 0.29) is 23.6 Å². The molecule has 0 radical (unpaired) electrons. The van der Waals surface area contributed by atoms with Gasteiger partial charge in [-0.3, -0.25) is 10.1 Å². The fourth-order valence-corrected chi connectivity index (χ4v) is 4.23. The van der Waals surface area contributed by atoms with Crippen LogP contribution < -0.4 is 0 Å². The Bertz CT molecular complexity index is 676. The van der Waals surface area contributed by atoms with Gasteiger partial charge < -0.3 is 5.11 Å². The van der Waals surface area contributed by atoms with Gasteiger partial charge in [0.2, 0.25) is 15.8 Å². The molecule has 0 saturated carbocycles. The zero-order chi connectivity index (χ0) is 15.8. The molecule has 0 unspecified atom stereocenters. The van der Waals surface area contributed by atoms with Crippen molar-refractivity contribution in [3.63, 3.8) is 0 Å². The van der Waals surface area contributed by atoms with Crippen LogP contribution in [0.3, 0.4) is 0 Å². The van der Waals surface area contributed by atoms with Crippen molar-refractivity contribution < 1.29 is 22.8 Å². The second-order valence-corrected chi connectivity index (χ2v) is 6.82. The molecule has 0 bridgehead atoms. The molecule has 1 fully saturated rings. The maximum Gasteiger partial charge on any atom is 0.306 e. The van der Waals surface area contributed by atoms with Crippen LogP contribution in [0, 0.1) is 22.9 Å². The highest BCUT2D eigenvalue weighted by atomic mass is 32.2. The molecule has 1 atom stereocenters. The third-order valence-electron chi connectivity index (χ3n) is 3.55. The first kappa shape index (κ1) is 15.8.